The molecule has 2 atom stereocenters. The van der Waals surface area contributed by atoms with Crippen molar-refractivity contribution in [1.29, 1.82) is 0 Å². The van der Waals surface area contributed by atoms with Crippen molar-refractivity contribution in [3.05, 3.63) is 106 Å². The number of fused-ring (bicyclic) bond motifs is 2. The van der Waals surface area contributed by atoms with Gasteiger partial charge in [-0.05, 0) is 49.2 Å². The predicted octanol–water partition coefficient (Wildman–Crippen LogP) is 7.41. The summed E-state index contributed by atoms with van der Waals surface area (Å²) >= 11 is 3.60. The van der Waals surface area contributed by atoms with Gasteiger partial charge in [-0.1, -0.05) is 70.0 Å². The number of hydrogen-bond donors (Lipinski definition) is 0. The number of rotatable bonds is 5. The Balaban J connectivity index is 1.53. The molecule has 3 aromatic rings. The Morgan fingerprint density at radius 1 is 1.05 bits per heavy atom. The van der Waals surface area contributed by atoms with Gasteiger partial charge in [0.15, 0.2) is 5.60 Å². The van der Waals surface area contributed by atoms with E-state index in [1.165, 1.54) is 17.0 Å². The number of benzene rings is 3. The van der Waals surface area contributed by atoms with E-state index < -0.39 is 23.4 Å². The van der Waals surface area contributed by atoms with Gasteiger partial charge in [0.25, 0.3) is 5.91 Å². The fourth-order valence-corrected chi connectivity index (χ4v) is 5.76. The van der Waals surface area contributed by atoms with Crippen molar-refractivity contribution in [2.24, 2.45) is 0 Å². The summed E-state index contributed by atoms with van der Waals surface area (Å²) in [6, 6.07) is 20.0. The molecule has 4 nitrogen and oxygen atoms in total. The Morgan fingerprint density at radius 3 is 2.54 bits per heavy atom. The van der Waals surface area contributed by atoms with Gasteiger partial charge in [0.1, 0.15) is 12.4 Å². The van der Waals surface area contributed by atoms with Crippen molar-refractivity contribution < 1.29 is 27.4 Å². The van der Waals surface area contributed by atoms with E-state index in [1.54, 1.807) is 18.2 Å². The zero-order chi connectivity index (χ0) is 26.2. The highest BCUT2D eigenvalue weighted by molar-refractivity contribution is 9.10. The molecule has 0 saturated heterocycles. The first kappa shape index (κ1) is 25.5. The van der Waals surface area contributed by atoms with Crippen molar-refractivity contribution in [1.82, 2.24) is 0 Å². The number of para-hydroxylation sites is 1. The third kappa shape index (κ3) is 4.92. The quantitative estimate of drug-likeness (QED) is 0.299. The van der Waals surface area contributed by atoms with Gasteiger partial charge < -0.3 is 14.4 Å². The van der Waals surface area contributed by atoms with E-state index in [9.17, 15) is 18.0 Å². The van der Waals surface area contributed by atoms with Crippen LogP contribution in [0.5, 0.6) is 5.75 Å². The minimum atomic E-state index is -4.53. The number of ether oxygens (including phenoxy) is 2. The van der Waals surface area contributed by atoms with Crippen LogP contribution in [-0.4, -0.2) is 18.6 Å². The minimum Gasteiger partial charge on any atom is -0.491 e. The summed E-state index contributed by atoms with van der Waals surface area (Å²) < 4.78 is 54.5. The van der Waals surface area contributed by atoms with Crippen LogP contribution in [-0.2, 0) is 27.9 Å². The van der Waals surface area contributed by atoms with E-state index in [-0.39, 0.29) is 24.6 Å². The molecular weight excluding hydrogens is 547 g/mol. The number of nitrogens with zero attached hydrogens (tertiary/aromatic N) is 1. The molecule has 5 rings (SSSR count). The van der Waals surface area contributed by atoms with Crippen LogP contribution in [0.1, 0.15) is 36.5 Å². The van der Waals surface area contributed by atoms with Gasteiger partial charge in [0.05, 0.1) is 23.9 Å². The van der Waals surface area contributed by atoms with E-state index in [1.807, 2.05) is 49.4 Å². The van der Waals surface area contributed by atoms with Gasteiger partial charge in [-0.2, -0.15) is 13.2 Å². The fraction of sp³-hybridized carbons (Fsp3) is 0.276. The second-order valence-electron chi connectivity index (χ2n) is 9.33. The molecule has 0 unspecified atom stereocenters. The van der Waals surface area contributed by atoms with E-state index in [4.69, 9.17) is 9.47 Å². The molecule has 37 heavy (non-hydrogen) atoms. The SMILES string of the molecule is CC1=CC[C@@H](COc2ccccc2)O[C@@]2(C1)C(=O)N(Cc1ccccc1C(F)(F)F)c1cccc(Br)c12. The molecule has 0 fully saturated rings. The van der Waals surface area contributed by atoms with Gasteiger partial charge >= 0.3 is 6.18 Å². The molecule has 192 valence electrons. The first-order chi connectivity index (χ1) is 17.7. The van der Waals surface area contributed by atoms with E-state index in [0.717, 1.165) is 11.6 Å². The highest BCUT2D eigenvalue weighted by Gasteiger charge is 2.55. The first-order valence-electron chi connectivity index (χ1n) is 12.0. The zero-order valence-corrected chi connectivity index (χ0v) is 21.7. The molecule has 0 aromatic heterocycles. The monoisotopic (exact) mass is 571 g/mol. The Labute approximate surface area is 221 Å². The summed E-state index contributed by atoms with van der Waals surface area (Å²) in [5, 5.41) is 0. The summed E-state index contributed by atoms with van der Waals surface area (Å²) in [5.41, 5.74) is 0.0145. The number of amides is 1. The van der Waals surface area contributed by atoms with Crippen LogP contribution < -0.4 is 9.64 Å². The first-order valence-corrected chi connectivity index (χ1v) is 12.8. The summed E-state index contributed by atoms with van der Waals surface area (Å²) in [6.07, 6.45) is -2.09. The van der Waals surface area contributed by atoms with Crippen LogP contribution in [0.15, 0.2) is 88.9 Å². The molecule has 1 spiro atoms. The van der Waals surface area contributed by atoms with E-state index in [2.05, 4.69) is 15.9 Å². The van der Waals surface area contributed by atoms with Crippen molar-refractivity contribution in [2.75, 3.05) is 11.5 Å². The Bertz CT molecular complexity index is 1340. The molecule has 3 aromatic carbocycles. The van der Waals surface area contributed by atoms with Crippen molar-refractivity contribution in [2.45, 2.75) is 44.2 Å². The second-order valence-corrected chi connectivity index (χ2v) is 10.2. The van der Waals surface area contributed by atoms with Gasteiger partial charge in [-0.3, -0.25) is 4.79 Å². The second kappa shape index (κ2) is 9.99. The lowest BCUT2D eigenvalue weighted by Crippen LogP contribution is -2.45. The average molecular weight is 572 g/mol. The standard InChI is InChI=1S/C29H25BrF3NO3/c1-19-14-15-22(18-36-21-9-3-2-4-10-21)37-28(16-19)26-24(30)12-7-13-25(26)34(27(28)35)17-20-8-5-6-11-23(20)29(31,32)33/h2-14,22H,15-18H2,1H3/t22-,28+/m0/s1. The van der Waals surface area contributed by atoms with E-state index >= 15 is 0 Å². The number of hydrogen-bond acceptors (Lipinski definition) is 3. The lowest BCUT2D eigenvalue weighted by Gasteiger charge is -2.32. The molecule has 1 amide bonds. The largest absolute Gasteiger partial charge is 0.491 e. The maximum atomic E-state index is 14.2. The summed E-state index contributed by atoms with van der Waals surface area (Å²) in [5.74, 6) is 0.306. The molecule has 0 saturated carbocycles. The molecule has 8 heteroatoms. The zero-order valence-electron chi connectivity index (χ0n) is 20.1. The lowest BCUT2D eigenvalue weighted by molar-refractivity contribution is -0.154. The molecule has 2 aliphatic heterocycles. The number of alkyl halides is 3. The third-order valence-corrected chi connectivity index (χ3v) is 7.39. The maximum absolute atomic E-state index is 14.2. The van der Waals surface area contributed by atoms with Gasteiger partial charge in [-0.15, -0.1) is 0 Å². The molecular formula is C29H25BrF3NO3. The molecule has 2 heterocycles. The number of anilines is 1. The smallest absolute Gasteiger partial charge is 0.416 e. The third-order valence-electron chi connectivity index (χ3n) is 6.73. The maximum Gasteiger partial charge on any atom is 0.416 e. The summed E-state index contributed by atoms with van der Waals surface area (Å²) in [6.45, 7) is 1.94. The Kier molecular flexibility index (Phi) is 6.89. The number of carbonyl (C=O) groups excluding carboxylic acids is 1. The molecule has 0 bridgehead atoms. The van der Waals surface area contributed by atoms with E-state index in [0.29, 0.717) is 34.3 Å². The number of carbonyl (C=O) groups is 1. The van der Waals surface area contributed by atoms with Crippen LogP contribution in [0.2, 0.25) is 0 Å². The average Bonchev–Trinajstić information content (AvgIpc) is 2.98. The number of halogens is 4. The normalized spacial score (nSPS) is 21.5. The van der Waals surface area contributed by atoms with Crippen LogP contribution >= 0.6 is 15.9 Å². The molecule has 0 N–H and O–H groups in total. The van der Waals surface area contributed by atoms with Crippen LogP contribution in [0.25, 0.3) is 0 Å². The summed E-state index contributed by atoms with van der Waals surface area (Å²) in [4.78, 5) is 15.6. The lowest BCUT2D eigenvalue weighted by atomic mass is 9.88. The van der Waals surface area contributed by atoms with Crippen molar-refractivity contribution in [3.8, 4) is 5.75 Å². The predicted molar refractivity (Wildman–Crippen MR) is 138 cm³/mol. The molecule has 0 radical (unpaired) electrons. The molecule has 0 aliphatic carbocycles. The highest BCUT2D eigenvalue weighted by atomic mass is 79.9. The van der Waals surface area contributed by atoms with Crippen LogP contribution in [0.4, 0.5) is 18.9 Å². The Hall–Kier alpha value is -3.10. The highest BCUT2D eigenvalue weighted by Crippen LogP contribution is 2.52. The van der Waals surface area contributed by atoms with Crippen molar-refractivity contribution in [3.63, 3.8) is 0 Å². The fourth-order valence-electron chi connectivity index (χ4n) is 5.09. The van der Waals surface area contributed by atoms with Crippen LogP contribution in [0.3, 0.4) is 0 Å². The van der Waals surface area contributed by atoms with Gasteiger partial charge in [0.2, 0.25) is 0 Å². The molecule has 2 aliphatic rings. The summed E-state index contributed by atoms with van der Waals surface area (Å²) in [7, 11) is 0. The van der Waals surface area contributed by atoms with Gasteiger partial charge in [0, 0.05) is 16.5 Å². The van der Waals surface area contributed by atoms with Crippen molar-refractivity contribution >= 4 is 27.5 Å². The minimum absolute atomic E-state index is 0.0242. The van der Waals surface area contributed by atoms with Gasteiger partial charge in [-0.25, -0.2) is 0 Å². The van der Waals surface area contributed by atoms with Crippen LogP contribution in [0, 0.1) is 0 Å². The topological polar surface area (TPSA) is 38.8 Å². The Morgan fingerprint density at radius 2 is 1.78 bits per heavy atom.